The molecule has 278 valence electrons. The number of fused-ring (bicyclic) bond motifs is 5. The van der Waals surface area contributed by atoms with Gasteiger partial charge in [-0.2, -0.15) is 0 Å². The summed E-state index contributed by atoms with van der Waals surface area (Å²) in [5.41, 5.74) is 1.12. The standard InChI is InChI=1S/C37H58O12/c1-18(15-46-34-32(44)30(42)27(40)16-47-34)5-8-25(38)19(2)29-26(39)14-24-22-7-6-20-13-21(49-35-33(45)31(43)28(41)17-48-35)9-11-36(20,3)23(22)10-12-37(24,29)4/h6,18-19,21-24,27-35,40-45H,5,7-17H2,1-4H3/t18-,19-,21+,22-,23+,24+,27-,28+,29+,30+,31+,32-,33-,34-,35+,36+,37+/m1/s1. The Morgan fingerprint density at radius 1 is 0.898 bits per heavy atom. The van der Waals surface area contributed by atoms with Crippen molar-refractivity contribution in [3.05, 3.63) is 11.6 Å². The van der Waals surface area contributed by atoms with Crippen LogP contribution in [-0.2, 0) is 28.5 Å². The van der Waals surface area contributed by atoms with E-state index in [0.29, 0.717) is 31.1 Å². The fourth-order valence-corrected chi connectivity index (χ4v) is 10.6. The Labute approximate surface area is 289 Å². The Balaban J connectivity index is 1.04. The van der Waals surface area contributed by atoms with Crippen LogP contribution in [0.5, 0.6) is 0 Å². The number of carbonyl (C=O) groups is 2. The van der Waals surface area contributed by atoms with Gasteiger partial charge in [0.2, 0.25) is 0 Å². The zero-order valence-corrected chi connectivity index (χ0v) is 29.4. The summed E-state index contributed by atoms with van der Waals surface area (Å²) in [7, 11) is 0. The number of allylic oxidation sites excluding steroid dienone is 1. The molecule has 4 aliphatic carbocycles. The number of carbonyl (C=O) groups excluding carboxylic acids is 2. The number of rotatable bonds is 10. The Kier molecular flexibility index (Phi) is 11.2. The molecule has 0 radical (unpaired) electrons. The molecule has 17 atom stereocenters. The third kappa shape index (κ3) is 6.96. The summed E-state index contributed by atoms with van der Waals surface area (Å²) in [6.07, 6.45) is -0.742. The number of Topliss-reactive ketones (excluding diaryl/α,β-unsaturated/α-hetero) is 2. The Morgan fingerprint density at radius 2 is 1.55 bits per heavy atom. The maximum atomic E-state index is 13.8. The molecule has 0 spiro atoms. The topological polar surface area (TPSA) is 192 Å². The Hall–Kier alpha value is -1.32. The lowest BCUT2D eigenvalue weighted by molar-refractivity contribution is -0.284. The second-order valence-electron chi connectivity index (χ2n) is 16.7. The molecule has 0 aromatic heterocycles. The average Bonchev–Trinajstić information content (AvgIpc) is 3.35. The number of aliphatic hydroxyl groups excluding tert-OH is 6. The van der Waals surface area contributed by atoms with E-state index in [1.165, 1.54) is 5.57 Å². The zero-order chi connectivity index (χ0) is 35.4. The first kappa shape index (κ1) is 37.4. The van der Waals surface area contributed by atoms with Crippen molar-refractivity contribution in [3.8, 4) is 0 Å². The van der Waals surface area contributed by atoms with Gasteiger partial charge in [-0.1, -0.05) is 39.3 Å². The fraction of sp³-hybridized carbons (Fsp3) is 0.892. The minimum atomic E-state index is -1.35. The van der Waals surface area contributed by atoms with Gasteiger partial charge in [-0.05, 0) is 79.4 Å². The van der Waals surface area contributed by atoms with E-state index in [4.69, 9.17) is 18.9 Å². The third-order valence-corrected chi connectivity index (χ3v) is 13.6. The van der Waals surface area contributed by atoms with Crippen molar-refractivity contribution in [1.29, 1.82) is 0 Å². The molecule has 2 aliphatic heterocycles. The van der Waals surface area contributed by atoms with Gasteiger partial charge in [0.1, 0.15) is 48.2 Å². The fourth-order valence-electron chi connectivity index (χ4n) is 10.6. The highest BCUT2D eigenvalue weighted by molar-refractivity contribution is 5.92. The molecule has 5 fully saturated rings. The molecule has 0 amide bonds. The summed E-state index contributed by atoms with van der Waals surface area (Å²) in [6.45, 7) is 8.50. The van der Waals surface area contributed by atoms with Crippen molar-refractivity contribution in [2.75, 3.05) is 19.8 Å². The first-order chi connectivity index (χ1) is 23.2. The summed E-state index contributed by atoms with van der Waals surface area (Å²) in [5.74, 6) is 0.654. The Bertz CT molecular complexity index is 1240. The number of ketones is 2. The summed E-state index contributed by atoms with van der Waals surface area (Å²) < 4.78 is 22.6. The molecular formula is C37H58O12. The van der Waals surface area contributed by atoms with Crippen molar-refractivity contribution >= 4 is 11.6 Å². The van der Waals surface area contributed by atoms with Crippen LogP contribution in [0.25, 0.3) is 0 Å². The highest BCUT2D eigenvalue weighted by atomic mass is 16.7. The van der Waals surface area contributed by atoms with Gasteiger partial charge in [0.25, 0.3) is 0 Å². The smallest absolute Gasteiger partial charge is 0.186 e. The van der Waals surface area contributed by atoms with Crippen molar-refractivity contribution in [2.24, 2.45) is 46.3 Å². The average molecular weight is 695 g/mol. The molecule has 0 aromatic carbocycles. The largest absolute Gasteiger partial charge is 0.388 e. The van der Waals surface area contributed by atoms with E-state index >= 15 is 0 Å². The van der Waals surface area contributed by atoms with Gasteiger partial charge >= 0.3 is 0 Å². The SMILES string of the molecule is C[C@H](CCC(=O)[C@@H](C)[C@H]1C(=O)C[C@H]2[C@@H]3CC=C4C[C@@H](O[C@@H]5OC[C@H](O)[C@H](O)[C@H]5O)CC[C@]4(C)[C@H]3CC[C@]12C)CO[C@@H]1OC[C@@H](O)[C@H](O)[C@H]1O. The highest BCUT2D eigenvalue weighted by Crippen LogP contribution is 2.66. The van der Waals surface area contributed by atoms with Crippen LogP contribution in [0.2, 0.25) is 0 Å². The lowest BCUT2D eigenvalue weighted by Crippen LogP contribution is -2.55. The highest BCUT2D eigenvalue weighted by Gasteiger charge is 2.62. The van der Waals surface area contributed by atoms with Crippen LogP contribution in [0.1, 0.15) is 85.5 Å². The van der Waals surface area contributed by atoms with Crippen LogP contribution in [-0.4, -0.2) is 117 Å². The summed E-state index contributed by atoms with van der Waals surface area (Å²) in [4.78, 5) is 27.4. The van der Waals surface area contributed by atoms with E-state index < -0.39 is 49.2 Å². The van der Waals surface area contributed by atoms with Gasteiger partial charge in [-0.25, -0.2) is 0 Å². The molecule has 0 aromatic rings. The summed E-state index contributed by atoms with van der Waals surface area (Å²) >= 11 is 0. The van der Waals surface area contributed by atoms with E-state index in [9.17, 15) is 40.2 Å². The molecule has 3 saturated carbocycles. The van der Waals surface area contributed by atoms with Crippen molar-refractivity contribution < 1.29 is 59.2 Å². The molecule has 49 heavy (non-hydrogen) atoms. The van der Waals surface area contributed by atoms with Gasteiger partial charge < -0.3 is 49.6 Å². The van der Waals surface area contributed by atoms with Gasteiger partial charge in [-0.3, -0.25) is 9.59 Å². The molecule has 0 bridgehead atoms. The molecule has 6 N–H and O–H groups in total. The molecule has 2 heterocycles. The maximum Gasteiger partial charge on any atom is 0.186 e. The first-order valence-electron chi connectivity index (χ1n) is 18.5. The molecule has 0 unspecified atom stereocenters. The van der Waals surface area contributed by atoms with Gasteiger partial charge in [0.05, 0.1) is 25.9 Å². The van der Waals surface area contributed by atoms with Crippen LogP contribution in [0, 0.1) is 46.3 Å². The number of hydrogen-bond donors (Lipinski definition) is 6. The molecular weight excluding hydrogens is 636 g/mol. The summed E-state index contributed by atoms with van der Waals surface area (Å²) in [5, 5.41) is 60.0. The maximum absolute atomic E-state index is 13.8. The number of hydrogen-bond acceptors (Lipinski definition) is 12. The predicted molar refractivity (Wildman–Crippen MR) is 174 cm³/mol. The van der Waals surface area contributed by atoms with Gasteiger partial charge in [-0.15, -0.1) is 0 Å². The molecule has 6 rings (SSSR count). The number of aliphatic hydroxyl groups is 6. The molecule has 2 saturated heterocycles. The van der Waals surface area contributed by atoms with Crippen molar-refractivity contribution in [2.45, 2.75) is 141 Å². The van der Waals surface area contributed by atoms with Crippen LogP contribution in [0.4, 0.5) is 0 Å². The van der Waals surface area contributed by atoms with E-state index in [1.807, 2.05) is 13.8 Å². The van der Waals surface area contributed by atoms with Crippen LogP contribution in [0.3, 0.4) is 0 Å². The van der Waals surface area contributed by atoms with Gasteiger partial charge in [0, 0.05) is 24.7 Å². The monoisotopic (exact) mass is 694 g/mol. The minimum Gasteiger partial charge on any atom is -0.388 e. The summed E-state index contributed by atoms with van der Waals surface area (Å²) in [6, 6.07) is 0. The predicted octanol–water partition coefficient (Wildman–Crippen LogP) is 1.65. The van der Waals surface area contributed by atoms with E-state index in [-0.39, 0.29) is 72.0 Å². The van der Waals surface area contributed by atoms with Crippen molar-refractivity contribution in [3.63, 3.8) is 0 Å². The lowest BCUT2D eigenvalue weighted by atomic mass is 9.47. The number of ether oxygens (including phenoxy) is 4. The van der Waals surface area contributed by atoms with Gasteiger partial charge in [0.15, 0.2) is 12.6 Å². The quantitative estimate of drug-likeness (QED) is 0.182. The third-order valence-electron chi connectivity index (χ3n) is 13.6. The van der Waals surface area contributed by atoms with E-state index in [0.717, 1.165) is 38.5 Å². The van der Waals surface area contributed by atoms with Crippen molar-refractivity contribution in [1.82, 2.24) is 0 Å². The normalized spacial score (nSPS) is 48.2. The zero-order valence-electron chi connectivity index (χ0n) is 29.4. The lowest BCUT2D eigenvalue weighted by Gasteiger charge is -2.58. The van der Waals surface area contributed by atoms with E-state index in [1.54, 1.807) is 0 Å². The van der Waals surface area contributed by atoms with E-state index in [2.05, 4.69) is 19.9 Å². The second kappa shape index (κ2) is 14.6. The minimum absolute atomic E-state index is 0.0107. The van der Waals surface area contributed by atoms with Crippen LogP contribution < -0.4 is 0 Å². The van der Waals surface area contributed by atoms with Crippen LogP contribution >= 0.6 is 0 Å². The second-order valence-corrected chi connectivity index (χ2v) is 16.7. The van der Waals surface area contributed by atoms with Crippen LogP contribution in [0.15, 0.2) is 11.6 Å². The molecule has 6 aliphatic rings. The molecule has 12 heteroatoms. The Morgan fingerprint density at radius 3 is 2.24 bits per heavy atom. The first-order valence-corrected chi connectivity index (χ1v) is 18.5. The molecule has 12 nitrogen and oxygen atoms in total.